The van der Waals surface area contributed by atoms with Crippen LogP contribution in [0.4, 0.5) is 11.5 Å². The Kier molecular flexibility index (Phi) is 4.28. The second-order valence-electron chi connectivity index (χ2n) is 6.58. The van der Waals surface area contributed by atoms with Crippen molar-refractivity contribution >= 4 is 28.5 Å². The van der Waals surface area contributed by atoms with Crippen molar-refractivity contribution in [1.82, 2.24) is 35.2 Å². The Morgan fingerprint density at radius 3 is 2.76 bits per heavy atom. The zero-order valence-corrected chi connectivity index (χ0v) is 16.8. The number of anilines is 2. The summed E-state index contributed by atoms with van der Waals surface area (Å²) in [5.74, 6) is 1.66. The fourth-order valence-corrected chi connectivity index (χ4v) is 4.19. The molecule has 5 rings (SSSR count). The van der Waals surface area contributed by atoms with E-state index in [0.29, 0.717) is 5.82 Å². The first kappa shape index (κ1) is 17.5. The maximum absolute atomic E-state index is 4.63. The van der Waals surface area contributed by atoms with Crippen molar-refractivity contribution in [2.75, 3.05) is 11.9 Å². The predicted octanol–water partition coefficient (Wildman–Crippen LogP) is 3.97. The number of rotatable bonds is 5. The van der Waals surface area contributed by atoms with Crippen molar-refractivity contribution in [3.63, 3.8) is 0 Å². The van der Waals surface area contributed by atoms with Gasteiger partial charge in [0.2, 0.25) is 0 Å². The molecule has 4 heterocycles. The van der Waals surface area contributed by atoms with Crippen LogP contribution >= 0.6 is 11.3 Å². The molecule has 144 valence electrons. The van der Waals surface area contributed by atoms with Gasteiger partial charge in [-0.25, -0.2) is 10.1 Å². The first-order valence-electron chi connectivity index (χ1n) is 9.24. The lowest BCUT2D eigenvalue weighted by atomic mass is 10.1. The van der Waals surface area contributed by atoms with Gasteiger partial charge in [0, 0.05) is 36.1 Å². The average molecular weight is 402 g/mol. The van der Waals surface area contributed by atoms with Crippen LogP contribution in [0, 0.1) is 0 Å². The summed E-state index contributed by atoms with van der Waals surface area (Å²) in [4.78, 5) is 7.78. The summed E-state index contributed by atoms with van der Waals surface area (Å²) >= 11 is 1.61. The molecule has 0 aliphatic heterocycles. The van der Waals surface area contributed by atoms with Gasteiger partial charge in [-0.1, -0.05) is 19.1 Å². The summed E-state index contributed by atoms with van der Waals surface area (Å²) in [7, 11) is 2.04. The van der Waals surface area contributed by atoms with Crippen LogP contribution in [-0.2, 0) is 6.42 Å². The molecule has 0 unspecified atom stereocenters. The van der Waals surface area contributed by atoms with E-state index in [1.807, 2.05) is 23.0 Å². The summed E-state index contributed by atoms with van der Waals surface area (Å²) in [5, 5.41) is 20.7. The lowest BCUT2D eigenvalue weighted by Gasteiger charge is -2.21. The van der Waals surface area contributed by atoms with Gasteiger partial charge in [-0.3, -0.25) is 0 Å². The highest BCUT2D eigenvalue weighted by atomic mass is 32.1. The third-order valence-electron chi connectivity index (χ3n) is 4.89. The lowest BCUT2D eigenvalue weighted by molar-refractivity contribution is 0.881. The highest BCUT2D eigenvalue weighted by Gasteiger charge is 2.14. The molecule has 0 radical (unpaired) electrons. The van der Waals surface area contributed by atoms with Gasteiger partial charge in [0.15, 0.2) is 11.5 Å². The second kappa shape index (κ2) is 7.10. The molecular weight excluding hydrogens is 384 g/mol. The van der Waals surface area contributed by atoms with Gasteiger partial charge in [-0.15, -0.1) is 16.4 Å². The van der Waals surface area contributed by atoms with E-state index in [1.165, 1.54) is 0 Å². The van der Waals surface area contributed by atoms with Gasteiger partial charge in [0.25, 0.3) is 0 Å². The van der Waals surface area contributed by atoms with Crippen molar-refractivity contribution in [2.24, 2.45) is 0 Å². The summed E-state index contributed by atoms with van der Waals surface area (Å²) in [6, 6.07) is 14.5. The topological polar surface area (TPSA) is 87.9 Å². The minimum Gasteiger partial charge on any atom is -0.329 e. The number of aromatic amines is 1. The van der Waals surface area contributed by atoms with E-state index in [1.54, 1.807) is 17.5 Å². The number of thiophene rings is 1. The second-order valence-corrected chi connectivity index (χ2v) is 7.50. The van der Waals surface area contributed by atoms with Crippen LogP contribution in [-0.4, -0.2) is 42.3 Å². The minimum absolute atomic E-state index is 0.682. The zero-order valence-electron chi connectivity index (χ0n) is 15.9. The molecule has 9 heteroatoms. The van der Waals surface area contributed by atoms with E-state index in [-0.39, 0.29) is 0 Å². The molecule has 0 fully saturated rings. The fourth-order valence-electron chi connectivity index (χ4n) is 3.34. The minimum atomic E-state index is 0.682. The Morgan fingerprint density at radius 1 is 1.14 bits per heavy atom. The van der Waals surface area contributed by atoms with E-state index in [9.17, 15) is 0 Å². The SMILES string of the molecule is CCc1cc(N(C)c2ccc(-c3ccsc3-c3nnn[nH]3)cc2)n2nccc2n1. The number of aryl methyl sites for hydroxylation is 1. The van der Waals surface area contributed by atoms with Crippen molar-refractivity contribution in [3.8, 4) is 21.8 Å². The number of hydrogen-bond acceptors (Lipinski definition) is 7. The average Bonchev–Trinajstić information content (AvgIpc) is 3.53. The molecular formula is C20H18N8S. The molecule has 0 amide bonds. The van der Waals surface area contributed by atoms with E-state index in [0.717, 1.165) is 45.3 Å². The fraction of sp³-hybridized carbons (Fsp3) is 0.150. The van der Waals surface area contributed by atoms with E-state index >= 15 is 0 Å². The number of benzene rings is 1. The van der Waals surface area contributed by atoms with E-state index in [2.05, 4.69) is 78.9 Å². The Labute approximate surface area is 170 Å². The zero-order chi connectivity index (χ0) is 19.8. The maximum Gasteiger partial charge on any atom is 0.190 e. The standard InChI is InChI=1S/C20H18N8S/c1-3-14-12-18(28-17(22-14)8-10-21-28)27(2)15-6-4-13(5-7-15)16-9-11-29-19(16)20-23-25-26-24-20/h4-12H,3H2,1-2H3,(H,23,24,25,26). The molecule has 0 atom stereocenters. The van der Waals surface area contributed by atoms with Crippen molar-refractivity contribution in [2.45, 2.75) is 13.3 Å². The monoisotopic (exact) mass is 402 g/mol. The van der Waals surface area contributed by atoms with Crippen molar-refractivity contribution in [3.05, 3.63) is 59.7 Å². The number of nitrogens with one attached hydrogen (secondary N) is 1. The number of fused-ring (bicyclic) bond motifs is 1. The third-order valence-corrected chi connectivity index (χ3v) is 5.81. The Morgan fingerprint density at radius 2 is 2.00 bits per heavy atom. The smallest absolute Gasteiger partial charge is 0.190 e. The van der Waals surface area contributed by atoms with Gasteiger partial charge in [-0.2, -0.15) is 9.61 Å². The Hall–Kier alpha value is -3.59. The number of tetrazole rings is 1. The van der Waals surface area contributed by atoms with E-state index in [4.69, 9.17) is 0 Å². The number of aromatic nitrogens is 7. The Balaban J connectivity index is 1.50. The first-order chi connectivity index (χ1) is 14.2. The largest absolute Gasteiger partial charge is 0.329 e. The molecule has 0 bridgehead atoms. The third kappa shape index (κ3) is 3.05. The van der Waals surface area contributed by atoms with Crippen LogP contribution in [0.25, 0.3) is 27.5 Å². The van der Waals surface area contributed by atoms with Crippen molar-refractivity contribution < 1.29 is 0 Å². The highest BCUT2D eigenvalue weighted by molar-refractivity contribution is 7.14. The highest BCUT2D eigenvalue weighted by Crippen LogP contribution is 2.36. The van der Waals surface area contributed by atoms with Gasteiger partial charge in [0.05, 0.1) is 11.1 Å². The summed E-state index contributed by atoms with van der Waals surface area (Å²) in [6.45, 7) is 2.11. The van der Waals surface area contributed by atoms with Crippen LogP contribution < -0.4 is 4.90 Å². The molecule has 29 heavy (non-hydrogen) atoms. The normalized spacial score (nSPS) is 11.2. The predicted molar refractivity (Wildman–Crippen MR) is 113 cm³/mol. The molecule has 1 aromatic carbocycles. The molecule has 0 aliphatic carbocycles. The van der Waals surface area contributed by atoms with Crippen LogP contribution in [0.3, 0.4) is 0 Å². The number of H-pyrrole nitrogens is 1. The van der Waals surface area contributed by atoms with Gasteiger partial charge in [0.1, 0.15) is 5.82 Å². The van der Waals surface area contributed by atoms with Gasteiger partial charge in [-0.05, 0) is 46.0 Å². The molecule has 5 aromatic rings. The van der Waals surface area contributed by atoms with Crippen LogP contribution in [0.15, 0.2) is 54.0 Å². The summed E-state index contributed by atoms with van der Waals surface area (Å²) < 4.78 is 1.86. The number of nitrogens with zero attached hydrogens (tertiary/aromatic N) is 7. The maximum atomic E-state index is 4.63. The first-order valence-corrected chi connectivity index (χ1v) is 10.1. The quantitative estimate of drug-likeness (QED) is 0.479. The van der Waals surface area contributed by atoms with Crippen LogP contribution in [0.2, 0.25) is 0 Å². The van der Waals surface area contributed by atoms with Gasteiger partial charge < -0.3 is 4.90 Å². The van der Waals surface area contributed by atoms with Crippen LogP contribution in [0.5, 0.6) is 0 Å². The summed E-state index contributed by atoms with van der Waals surface area (Å²) in [6.07, 6.45) is 2.65. The molecule has 0 saturated heterocycles. The molecule has 4 aromatic heterocycles. The molecule has 0 saturated carbocycles. The number of hydrogen-bond donors (Lipinski definition) is 1. The molecule has 1 N–H and O–H groups in total. The molecule has 0 aliphatic rings. The van der Waals surface area contributed by atoms with Crippen LogP contribution in [0.1, 0.15) is 12.6 Å². The molecule has 0 spiro atoms. The van der Waals surface area contributed by atoms with Gasteiger partial charge >= 0.3 is 0 Å². The molecule has 8 nitrogen and oxygen atoms in total. The van der Waals surface area contributed by atoms with Crippen molar-refractivity contribution in [1.29, 1.82) is 0 Å². The summed E-state index contributed by atoms with van der Waals surface area (Å²) in [5.41, 5.74) is 5.18. The lowest BCUT2D eigenvalue weighted by Crippen LogP contribution is -2.15. The van der Waals surface area contributed by atoms with E-state index < -0.39 is 0 Å². The Bertz CT molecular complexity index is 1250.